The minimum absolute atomic E-state index is 0.0225. The van der Waals surface area contributed by atoms with Crippen molar-refractivity contribution in [2.24, 2.45) is 27.1 Å². The fourth-order valence-corrected chi connectivity index (χ4v) is 17.8. The van der Waals surface area contributed by atoms with Crippen molar-refractivity contribution < 1.29 is 133 Å². The lowest BCUT2D eigenvalue weighted by Crippen LogP contribution is -2.67. The second kappa shape index (κ2) is 25.3. The van der Waals surface area contributed by atoms with Crippen LogP contribution in [0.4, 0.5) is 79.0 Å². The van der Waals surface area contributed by atoms with Gasteiger partial charge in [0, 0.05) is 35.5 Å². The van der Waals surface area contributed by atoms with Crippen molar-refractivity contribution in [3.63, 3.8) is 0 Å². The van der Waals surface area contributed by atoms with Gasteiger partial charge in [0.2, 0.25) is 18.5 Å². The number of alkyl halides is 18. The maximum atomic E-state index is 14.5. The summed E-state index contributed by atoms with van der Waals surface area (Å²) < 4.78 is 319. The number of hydrogen-bond acceptors (Lipinski definition) is 12. The standard InChI is InChI=1S/C16H19F3O3S.C16H17F3O2.C12H15F3O2.C11H15F3O2.C10H12F6O3S/c1-11-3-5-12(6-4-11)23(20,21)22-15-9-7-14(2,8-10-15)16(18,19)13(15)17;1-14-7-9-15(10-8-14,13(17)16(14,18)19)21-12(20)11-5-3-2-4-6-11;1-3-10-4-6-11(7-5-10,17-8(2)16)9(13)12(10,14)15;1-7(15)16-10-5-3-9(2,4-6-10)11(13,14)8(10)12;1-7-2-4-8(5-3-7,6(11)9(7,12)13)19-20(17,18)10(14,15)16/h3-6,13H,7-10H2,1-2H3;2-6,13H,7-10H2,1H3;3,9H,1,4-7H2,2H3;8H,3-6H2,1-2H3;6H,2-5H2,1H3. The quantitative estimate of drug-likeness (QED) is 0.0553. The molecule has 548 valence electrons. The van der Waals surface area contributed by atoms with Gasteiger partial charge in [0.05, 0.1) is 15.9 Å². The van der Waals surface area contributed by atoms with E-state index in [0.29, 0.717) is 0 Å². The Labute approximate surface area is 550 Å². The van der Waals surface area contributed by atoms with Gasteiger partial charge in [0.1, 0.15) is 28.0 Å². The van der Waals surface area contributed by atoms with Gasteiger partial charge in [-0.15, -0.1) is 6.58 Å². The second-order valence-corrected chi connectivity index (χ2v) is 32.2. The van der Waals surface area contributed by atoms with Crippen LogP contribution in [0.5, 0.6) is 0 Å². The van der Waals surface area contributed by atoms with Gasteiger partial charge in [-0.3, -0.25) is 18.0 Å². The van der Waals surface area contributed by atoms with Crippen LogP contribution >= 0.6 is 0 Å². The predicted octanol–water partition coefficient (Wildman–Crippen LogP) is 17.2. The molecule has 15 saturated carbocycles. The zero-order valence-corrected chi connectivity index (χ0v) is 55.7. The summed E-state index contributed by atoms with van der Waals surface area (Å²) in [7, 11) is -10.4. The SMILES string of the molecule is C=CC12CCC(OC(C)=O)(CC1)C(F)C2(F)F.CC(=O)OC12CCC(C)(CC1)C(F)(F)C2F.CC12CCC(OC(=O)c3ccccc3)(CC1)C(F)C2(F)F.CC12CCC(OS(=O)(=O)C(F)(F)F)(CC1)C(F)C2(F)F.Cc1ccc(S(=O)(=O)OC23CCC(C)(CC2)C(F)(F)C3F)cc1. The molecule has 0 spiro atoms. The highest BCUT2D eigenvalue weighted by atomic mass is 32.2. The number of fused-ring (bicyclic) bond motifs is 15. The molecule has 15 aliphatic carbocycles. The lowest BCUT2D eigenvalue weighted by Gasteiger charge is -2.57. The highest BCUT2D eigenvalue weighted by Crippen LogP contribution is 2.67. The van der Waals surface area contributed by atoms with Crippen LogP contribution in [0.2, 0.25) is 0 Å². The molecule has 97 heavy (non-hydrogen) atoms. The van der Waals surface area contributed by atoms with Crippen molar-refractivity contribution in [1.29, 1.82) is 0 Å². The Morgan fingerprint density at radius 3 is 1.04 bits per heavy atom. The largest absolute Gasteiger partial charge is 0.523 e. The molecule has 10 bridgehead atoms. The molecule has 0 aromatic heterocycles. The number of halogens is 18. The van der Waals surface area contributed by atoms with Gasteiger partial charge in [0.15, 0.2) is 12.3 Å². The van der Waals surface area contributed by atoms with Gasteiger partial charge in [-0.1, -0.05) is 69.7 Å². The van der Waals surface area contributed by atoms with Crippen molar-refractivity contribution in [3.8, 4) is 0 Å². The fraction of sp³-hybridized carbons (Fsp3) is 0.738. The van der Waals surface area contributed by atoms with Gasteiger partial charge in [-0.25, -0.2) is 70.7 Å². The number of carbonyl (C=O) groups is 3. The summed E-state index contributed by atoms with van der Waals surface area (Å²) in [6.07, 6.45) is -11.4. The molecule has 17 rings (SSSR count). The molecular weight excluding hydrogens is 1380 g/mol. The number of esters is 3. The van der Waals surface area contributed by atoms with Crippen LogP contribution < -0.4 is 0 Å². The summed E-state index contributed by atoms with van der Waals surface area (Å²) in [4.78, 5) is 33.8. The number of rotatable bonds is 10. The van der Waals surface area contributed by atoms with Crippen molar-refractivity contribution in [3.05, 3.63) is 78.4 Å². The lowest BCUT2D eigenvalue weighted by molar-refractivity contribution is -0.288. The number of ether oxygens (including phenoxy) is 3. The van der Waals surface area contributed by atoms with Gasteiger partial charge in [-0.05, 0) is 160 Å². The third-order valence-electron chi connectivity index (χ3n) is 23.1. The molecule has 2 aromatic rings. The maximum absolute atomic E-state index is 14.5. The molecular formula is C65H78F18O12S2. The third kappa shape index (κ3) is 12.9. The van der Waals surface area contributed by atoms with Crippen molar-refractivity contribution in [1.82, 2.24) is 0 Å². The number of aryl methyl sites for hydroxylation is 1. The molecule has 0 radical (unpaired) electrons. The molecule has 0 heterocycles. The predicted molar refractivity (Wildman–Crippen MR) is 311 cm³/mol. The normalized spacial score (nSPS) is 40.1. The van der Waals surface area contributed by atoms with Crippen LogP contribution in [0.15, 0.2) is 72.1 Å². The number of hydrogen-bond donors (Lipinski definition) is 0. The molecule has 32 heteroatoms. The van der Waals surface area contributed by atoms with Crippen LogP contribution in [-0.4, -0.2) is 129 Å². The van der Waals surface area contributed by atoms with E-state index in [4.69, 9.17) is 18.4 Å². The van der Waals surface area contributed by atoms with Crippen molar-refractivity contribution >= 4 is 38.1 Å². The molecule has 5 unspecified atom stereocenters. The minimum atomic E-state index is -6.12. The average molecular weight is 1460 g/mol. The van der Waals surface area contributed by atoms with Crippen molar-refractivity contribution in [2.45, 2.75) is 276 Å². The fourth-order valence-electron chi connectivity index (χ4n) is 15.8. The first-order valence-electron chi connectivity index (χ1n) is 31.6. The Morgan fingerprint density at radius 1 is 0.433 bits per heavy atom. The highest BCUT2D eigenvalue weighted by molar-refractivity contribution is 7.87. The van der Waals surface area contributed by atoms with E-state index in [9.17, 15) is 110 Å². The van der Waals surface area contributed by atoms with Gasteiger partial charge in [-0.2, -0.15) is 30.0 Å². The number of benzene rings is 2. The second-order valence-electron chi connectivity index (χ2n) is 29.1. The Bertz CT molecular complexity index is 3470. The Morgan fingerprint density at radius 2 is 0.722 bits per heavy atom. The molecule has 15 fully saturated rings. The first-order valence-corrected chi connectivity index (χ1v) is 34.4. The van der Waals surface area contributed by atoms with E-state index in [1.54, 1.807) is 37.3 Å². The Hall–Kier alpha value is -4.85. The van der Waals surface area contributed by atoms with Gasteiger partial charge in [0.25, 0.3) is 39.7 Å². The van der Waals surface area contributed by atoms with Crippen molar-refractivity contribution in [2.75, 3.05) is 0 Å². The Balaban J connectivity index is 0.000000156. The van der Waals surface area contributed by atoms with E-state index in [1.165, 1.54) is 45.0 Å². The molecule has 0 saturated heterocycles. The monoisotopic (exact) mass is 1460 g/mol. The van der Waals surface area contributed by atoms with Crippen LogP contribution in [0, 0.1) is 34.0 Å². The molecule has 0 amide bonds. The lowest BCUT2D eigenvalue weighted by atomic mass is 9.55. The maximum Gasteiger partial charge on any atom is 0.523 e. The summed E-state index contributed by atoms with van der Waals surface area (Å²) in [6, 6.07) is 13.9. The third-order valence-corrected chi connectivity index (χ3v) is 25.6. The zero-order valence-electron chi connectivity index (χ0n) is 54.0. The highest BCUT2D eigenvalue weighted by Gasteiger charge is 2.77. The number of allylic oxidation sites excluding steroid dienone is 1. The molecule has 15 aliphatic rings. The van der Waals surface area contributed by atoms with E-state index in [0.717, 1.165) is 32.4 Å². The first kappa shape index (κ1) is 77.9. The topological polar surface area (TPSA) is 166 Å². The molecule has 0 aliphatic heterocycles. The van der Waals surface area contributed by atoms with Gasteiger partial charge >= 0.3 is 33.5 Å². The van der Waals surface area contributed by atoms with E-state index in [2.05, 4.69) is 10.8 Å². The van der Waals surface area contributed by atoms with Crippen LogP contribution in [0.1, 0.15) is 186 Å². The summed E-state index contributed by atoms with van der Waals surface area (Å²) in [5.41, 5.74) is -21.4. The molecule has 5 atom stereocenters. The first-order chi connectivity index (χ1) is 44.1. The van der Waals surface area contributed by atoms with E-state index in [-0.39, 0.29) is 126 Å². The summed E-state index contributed by atoms with van der Waals surface area (Å²) in [5.74, 6) is -20.0. The summed E-state index contributed by atoms with van der Waals surface area (Å²) in [6.45, 7) is 12.8. The molecule has 0 N–H and O–H groups in total. The van der Waals surface area contributed by atoms with E-state index in [1.807, 2.05) is 0 Å². The Kier molecular flexibility index (Phi) is 20.3. The smallest absolute Gasteiger partial charge is 0.456 e. The molecule has 12 nitrogen and oxygen atoms in total. The van der Waals surface area contributed by atoms with Crippen LogP contribution in [-0.2, 0) is 52.4 Å². The molecule has 2 aromatic carbocycles. The average Bonchev–Trinajstić information content (AvgIpc) is 0.739. The van der Waals surface area contributed by atoms with Crippen LogP contribution in [0.3, 0.4) is 0 Å². The van der Waals surface area contributed by atoms with Gasteiger partial charge < -0.3 is 14.2 Å². The summed E-state index contributed by atoms with van der Waals surface area (Å²) in [5, 5.41) is 0. The summed E-state index contributed by atoms with van der Waals surface area (Å²) >= 11 is 0. The van der Waals surface area contributed by atoms with E-state index < -0.39 is 172 Å². The number of carbonyl (C=O) groups excluding carboxylic acids is 3. The van der Waals surface area contributed by atoms with E-state index >= 15 is 0 Å². The van der Waals surface area contributed by atoms with Crippen LogP contribution in [0.25, 0.3) is 0 Å². The minimum Gasteiger partial charge on any atom is -0.456 e. The zero-order chi connectivity index (χ0) is 73.1.